The molecule has 1 heterocycles. The maximum absolute atomic E-state index is 11.0. The molecule has 0 unspecified atom stereocenters. The zero-order chi connectivity index (χ0) is 16.9. The molecule has 2 aliphatic rings. The normalized spacial score (nSPS) is 25.0. The summed E-state index contributed by atoms with van der Waals surface area (Å²) in [6.07, 6.45) is 4.62. The standard InChI is InChI=1S/C17H22N4O3/c18-12-13-11-14(5-6-16(13)21(22)23)19-15-3-1-2-4-17(15)20-7-9-24-10-8-20/h5-6,11,15,17,19H,1-4,7-10H2/t15-,17-/m0/s1. The van der Waals surface area contributed by atoms with Crippen LogP contribution in [0.4, 0.5) is 11.4 Å². The first-order chi connectivity index (χ1) is 11.7. The summed E-state index contributed by atoms with van der Waals surface area (Å²) in [5.74, 6) is 0. The van der Waals surface area contributed by atoms with E-state index in [1.807, 2.05) is 6.07 Å². The molecule has 0 amide bonds. The average Bonchev–Trinajstić information content (AvgIpc) is 2.62. The van der Waals surface area contributed by atoms with Crippen molar-refractivity contribution in [3.63, 3.8) is 0 Å². The van der Waals surface area contributed by atoms with Crippen molar-refractivity contribution in [1.29, 1.82) is 5.26 Å². The van der Waals surface area contributed by atoms with Crippen LogP contribution in [-0.4, -0.2) is 48.2 Å². The average molecular weight is 330 g/mol. The molecule has 128 valence electrons. The number of nitrogens with zero attached hydrogens (tertiary/aromatic N) is 3. The molecule has 7 nitrogen and oxygen atoms in total. The zero-order valence-electron chi connectivity index (χ0n) is 13.6. The summed E-state index contributed by atoms with van der Waals surface area (Å²) < 4.78 is 5.45. The smallest absolute Gasteiger partial charge is 0.287 e. The number of benzene rings is 1. The fourth-order valence-corrected chi connectivity index (χ4v) is 3.71. The summed E-state index contributed by atoms with van der Waals surface area (Å²) >= 11 is 0. The summed E-state index contributed by atoms with van der Waals surface area (Å²) in [5.41, 5.74) is 0.738. The Morgan fingerprint density at radius 3 is 2.75 bits per heavy atom. The van der Waals surface area contributed by atoms with Crippen LogP contribution in [0.1, 0.15) is 31.2 Å². The van der Waals surface area contributed by atoms with Gasteiger partial charge in [0.2, 0.25) is 0 Å². The van der Waals surface area contributed by atoms with Crippen molar-refractivity contribution in [3.05, 3.63) is 33.9 Å². The maximum Gasteiger partial charge on any atom is 0.287 e. The van der Waals surface area contributed by atoms with Crippen LogP contribution >= 0.6 is 0 Å². The summed E-state index contributed by atoms with van der Waals surface area (Å²) in [7, 11) is 0. The van der Waals surface area contributed by atoms with E-state index in [4.69, 9.17) is 10.00 Å². The molecule has 7 heteroatoms. The van der Waals surface area contributed by atoms with Crippen molar-refractivity contribution >= 4 is 11.4 Å². The molecule has 1 aliphatic carbocycles. The lowest BCUT2D eigenvalue weighted by Crippen LogP contribution is -2.52. The quantitative estimate of drug-likeness (QED) is 0.674. The molecule has 0 spiro atoms. The van der Waals surface area contributed by atoms with Gasteiger partial charge in [-0.1, -0.05) is 12.8 Å². The molecule has 3 rings (SSSR count). The van der Waals surface area contributed by atoms with Gasteiger partial charge in [0.15, 0.2) is 0 Å². The zero-order valence-corrected chi connectivity index (χ0v) is 13.6. The third-order valence-corrected chi connectivity index (χ3v) is 4.91. The molecule has 1 saturated heterocycles. The number of rotatable bonds is 4. The first-order valence-electron chi connectivity index (χ1n) is 8.46. The highest BCUT2D eigenvalue weighted by atomic mass is 16.6. The van der Waals surface area contributed by atoms with E-state index >= 15 is 0 Å². The SMILES string of the molecule is N#Cc1cc(N[C@H]2CCCC[C@@H]2N2CCOCC2)ccc1[N+](=O)[O-]. The minimum Gasteiger partial charge on any atom is -0.381 e. The molecule has 1 saturated carbocycles. The second-order valence-corrected chi connectivity index (χ2v) is 6.35. The van der Waals surface area contributed by atoms with Crippen LogP contribution < -0.4 is 5.32 Å². The molecule has 0 bridgehead atoms. The number of morpholine rings is 1. The van der Waals surface area contributed by atoms with Gasteiger partial charge in [-0.2, -0.15) is 5.26 Å². The number of nitrogens with one attached hydrogen (secondary N) is 1. The molecular formula is C17H22N4O3. The van der Waals surface area contributed by atoms with Crippen LogP contribution in [0.25, 0.3) is 0 Å². The minimum atomic E-state index is -0.514. The van der Waals surface area contributed by atoms with Gasteiger partial charge in [0.05, 0.1) is 18.1 Å². The van der Waals surface area contributed by atoms with E-state index in [1.54, 1.807) is 12.1 Å². The third kappa shape index (κ3) is 3.66. The Kier molecular flexibility index (Phi) is 5.28. The molecule has 2 fully saturated rings. The summed E-state index contributed by atoms with van der Waals surface area (Å²) in [6, 6.07) is 7.36. The number of nitriles is 1. The first-order valence-corrected chi connectivity index (χ1v) is 8.46. The highest BCUT2D eigenvalue weighted by Crippen LogP contribution is 2.28. The fraction of sp³-hybridized carbons (Fsp3) is 0.588. The number of ether oxygens (including phenoxy) is 1. The largest absolute Gasteiger partial charge is 0.381 e. The van der Waals surface area contributed by atoms with E-state index in [0.29, 0.717) is 12.1 Å². The summed E-state index contributed by atoms with van der Waals surface area (Å²) in [6.45, 7) is 3.46. The van der Waals surface area contributed by atoms with Crippen LogP contribution in [0.15, 0.2) is 18.2 Å². The molecule has 1 aromatic carbocycles. The molecule has 0 radical (unpaired) electrons. The number of nitro benzene ring substituents is 1. The van der Waals surface area contributed by atoms with Crippen molar-refractivity contribution in [1.82, 2.24) is 4.90 Å². The molecule has 1 aliphatic heterocycles. The lowest BCUT2D eigenvalue weighted by Gasteiger charge is -2.42. The van der Waals surface area contributed by atoms with E-state index in [9.17, 15) is 10.1 Å². The second-order valence-electron chi connectivity index (χ2n) is 6.35. The summed E-state index contributed by atoms with van der Waals surface area (Å²) in [4.78, 5) is 12.9. The number of nitro groups is 1. The van der Waals surface area contributed by atoms with Crippen LogP contribution in [0.2, 0.25) is 0 Å². The van der Waals surface area contributed by atoms with Crippen molar-refractivity contribution < 1.29 is 9.66 Å². The van der Waals surface area contributed by atoms with E-state index < -0.39 is 4.92 Å². The Hall–Kier alpha value is -2.17. The van der Waals surface area contributed by atoms with E-state index in [-0.39, 0.29) is 11.3 Å². The Morgan fingerprint density at radius 1 is 1.29 bits per heavy atom. The van der Waals surface area contributed by atoms with Gasteiger partial charge in [-0.15, -0.1) is 0 Å². The van der Waals surface area contributed by atoms with Gasteiger partial charge >= 0.3 is 0 Å². The Labute approximate surface area is 141 Å². The van der Waals surface area contributed by atoms with Gasteiger partial charge in [-0.25, -0.2) is 0 Å². The number of hydrogen-bond acceptors (Lipinski definition) is 6. The Morgan fingerprint density at radius 2 is 2.04 bits per heavy atom. The molecule has 2 atom stereocenters. The maximum atomic E-state index is 11.0. The second kappa shape index (κ2) is 7.60. The lowest BCUT2D eigenvalue weighted by atomic mass is 9.88. The predicted octanol–water partition coefficient (Wildman–Crippen LogP) is 2.52. The van der Waals surface area contributed by atoms with E-state index in [1.165, 1.54) is 18.9 Å². The van der Waals surface area contributed by atoms with Gasteiger partial charge in [0.25, 0.3) is 5.69 Å². The number of anilines is 1. The Bertz CT molecular complexity index is 637. The van der Waals surface area contributed by atoms with E-state index in [2.05, 4.69) is 10.2 Å². The van der Waals surface area contributed by atoms with E-state index in [0.717, 1.165) is 44.8 Å². The molecule has 0 aromatic heterocycles. The highest BCUT2D eigenvalue weighted by Gasteiger charge is 2.31. The molecule has 1 aromatic rings. The molecule has 1 N–H and O–H groups in total. The van der Waals surface area contributed by atoms with Crippen LogP contribution in [0, 0.1) is 21.4 Å². The third-order valence-electron chi connectivity index (χ3n) is 4.91. The Balaban J connectivity index is 1.75. The van der Waals surface area contributed by atoms with Crippen molar-refractivity contribution in [2.75, 3.05) is 31.6 Å². The van der Waals surface area contributed by atoms with Crippen molar-refractivity contribution in [2.24, 2.45) is 0 Å². The van der Waals surface area contributed by atoms with Gasteiger partial charge in [-0.05, 0) is 25.0 Å². The van der Waals surface area contributed by atoms with Crippen molar-refractivity contribution in [2.45, 2.75) is 37.8 Å². The van der Waals surface area contributed by atoms with Gasteiger partial charge in [0, 0.05) is 36.9 Å². The minimum absolute atomic E-state index is 0.101. The highest BCUT2D eigenvalue weighted by molar-refractivity contribution is 5.59. The van der Waals surface area contributed by atoms with Gasteiger partial charge in [0.1, 0.15) is 11.6 Å². The van der Waals surface area contributed by atoms with Crippen LogP contribution in [0.5, 0.6) is 0 Å². The monoisotopic (exact) mass is 330 g/mol. The van der Waals surface area contributed by atoms with Gasteiger partial charge in [-0.3, -0.25) is 15.0 Å². The summed E-state index contributed by atoms with van der Waals surface area (Å²) in [5, 5.41) is 23.6. The number of hydrogen-bond donors (Lipinski definition) is 1. The predicted molar refractivity (Wildman–Crippen MR) is 89.9 cm³/mol. The first kappa shape index (κ1) is 16.7. The van der Waals surface area contributed by atoms with Crippen LogP contribution in [-0.2, 0) is 4.74 Å². The molecular weight excluding hydrogens is 308 g/mol. The molecule has 24 heavy (non-hydrogen) atoms. The lowest BCUT2D eigenvalue weighted by molar-refractivity contribution is -0.385. The van der Waals surface area contributed by atoms with Crippen LogP contribution in [0.3, 0.4) is 0 Å². The fourth-order valence-electron chi connectivity index (χ4n) is 3.71. The topological polar surface area (TPSA) is 91.4 Å². The van der Waals surface area contributed by atoms with Crippen molar-refractivity contribution in [3.8, 4) is 6.07 Å². The van der Waals surface area contributed by atoms with Gasteiger partial charge < -0.3 is 10.1 Å².